The number of carbonyl (C=O) groups excluding carboxylic acids is 1. The van der Waals surface area contributed by atoms with Crippen LogP contribution in [0, 0.1) is 6.92 Å². The van der Waals surface area contributed by atoms with Crippen molar-refractivity contribution in [2.24, 2.45) is 0 Å². The van der Waals surface area contributed by atoms with Gasteiger partial charge in [0.2, 0.25) is 17.5 Å². The average molecular weight is 519 g/mol. The topological polar surface area (TPSA) is 160 Å². The van der Waals surface area contributed by atoms with E-state index in [2.05, 4.69) is 35.7 Å². The number of anilines is 2. The first kappa shape index (κ1) is 25.3. The lowest BCUT2D eigenvalue weighted by Gasteiger charge is -2.18. The van der Waals surface area contributed by atoms with Gasteiger partial charge in [0.15, 0.2) is 0 Å². The van der Waals surface area contributed by atoms with Gasteiger partial charge in [-0.3, -0.25) is 14.2 Å². The highest BCUT2D eigenvalue weighted by atomic mass is 16.5. The van der Waals surface area contributed by atoms with Gasteiger partial charge >= 0.3 is 12.0 Å². The van der Waals surface area contributed by atoms with Crippen molar-refractivity contribution >= 4 is 29.2 Å². The van der Waals surface area contributed by atoms with Crippen LogP contribution in [0.1, 0.15) is 80.9 Å². The van der Waals surface area contributed by atoms with E-state index in [0.717, 1.165) is 44.2 Å². The SMILES string of the molecule is CCCCC(C(=O)O)c1nc(-c2ncc(NC(=O)Nc3cnc4nccn4c3C3CCCC3)cc2C)no1. The first-order valence-corrected chi connectivity index (χ1v) is 12.9. The fourth-order valence-electron chi connectivity index (χ4n) is 5.01. The number of pyridine rings is 1. The summed E-state index contributed by atoms with van der Waals surface area (Å²) in [5.41, 5.74) is 3.29. The van der Waals surface area contributed by atoms with Gasteiger partial charge in [0.05, 0.1) is 29.5 Å². The predicted octanol–water partition coefficient (Wildman–Crippen LogP) is 5.14. The van der Waals surface area contributed by atoms with Crippen molar-refractivity contribution < 1.29 is 19.2 Å². The van der Waals surface area contributed by atoms with Crippen LogP contribution in [-0.2, 0) is 4.79 Å². The number of hydrogen-bond acceptors (Lipinski definition) is 8. The molecule has 0 spiro atoms. The lowest BCUT2D eigenvalue weighted by atomic mass is 10.0. The number of hydrogen-bond donors (Lipinski definition) is 3. The predicted molar refractivity (Wildman–Crippen MR) is 139 cm³/mol. The Labute approximate surface area is 218 Å². The Morgan fingerprint density at radius 2 is 2.00 bits per heavy atom. The number of nitrogens with zero attached hydrogens (tertiary/aromatic N) is 6. The maximum absolute atomic E-state index is 12.9. The van der Waals surface area contributed by atoms with Gasteiger partial charge in [-0.15, -0.1) is 0 Å². The van der Waals surface area contributed by atoms with Crippen LogP contribution in [0.3, 0.4) is 0 Å². The zero-order valence-corrected chi connectivity index (χ0v) is 21.3. The second-order valence-electron chi connectivity index (χ2n) is 9.59. The van der Waals surface area contributed by atoms with Crippen LogP contribution in [0.25, 0.3) is 17.3 Å². The summed E-state index contributed by atoms with van der Waals surface area (Å²) < 4.78 is 7.21. The van der Waals surface area contributed by atoms with Gasteiger partial charge in [0.25, 0.3) is 0 Å². The Morgan fingerprint density at radius 1 is 1.18 bits per heavy atom. The number of fused-ring (bicyclic) bond motifs is 1. The molecular formula is C26H30N8O4. The zero-order chi connectivity index (χ0) is 26.6. The molecule has 12 nitrogen and oxygen atoms in total. The number of rotatable bonds is 9. The molecule has 12 heteroatoms. The summed E-state index contributed by atoms with van der Waals surface area (Å²) in [7, 11) is 0. The number of urea groups is 1. The Balaban J connectivity index is 1.31. The molecule has 1 aliphatic carbocycles. The highest BCUT2D eigenvalue weighted by Crippen LogP contribution is 2.37. The van der Waals surface area contributed by atoms with Crippen LogP contribution in [0.5, 0.6) is 0 Å². The van der Waals surface area contributed by atoms with Crippen LogP contribution in [0.2, 0.25) is 0 Å². The van der Waals surface area contributed by atoms with Crippen molar-refractivity contribution in [2.45, 2.75) is 70.6 Å². The summed E-state index contributed by atoms with van der Waals surface area (Å²) in [5, 5.41) is 19.2. The van der Waals surface area contributed by atoms with Gasteiger partial charge in [0, 0.05) is 18.3 Å². The van der Waals surface area contributed by atoms with Crippen molar-refractivity contribution in [3.8, 4) is 11.5 Å². The maximum Gasteiger partial charge on any atom is 0.323 e. The van der Waals surface area contributed by atoms with Crippen molar-refractivity contribution in [2.75, 3.05) is 10.6 Å². The smallest absolute Gasteiger partial charge is 0.323 e. The molecular weight excluding hydrogens is 488 g/mol. The lowest BCUT2D eigenvalue weighted by Crippen LogP contribution is -2.22. The number of unbranched alkanes of at least 4 members (excludes halogenated alkanes) is 1. The first-order chi connectivity index (χ1) is 18.4. The molecule has 1 saturated carbocycles. The minimum atomic E-state index is -0.998. The lowest BCUT2D eigenvalue weighted by molar-refractivity contribution is -0.139. The Hall–Kier alpha value is -4.35. The summed E-state index contributed by atoms with van der Waals surface area (Å²) in [4.78, 5) is 41.9. The Bertz CT molecular complexity index is 1460. The molecule has 3 N–H and O–H groups in total. The van der Waals surface area contributed by atoms with E-state index >= 15 is 0 Å². The molecule has 198 valence electrons. The van der Waals surface area contributed by atoms with Crippen molar-refractivity contribution in [3.05, 3.63) is 48.0 Å². The van der Waals surface area contributed by atoms with Gasteiger partial charge < -0.3 is 20.3 Å². The second kappa shape index (κ2) is 11.0. The van der Waals surface area contributed by atoms with Crippen LogP contribution in [0.15, 0.2) is 35.4 Å². The molecule has 5 rings (SSSR count). The van der Waals surface area contributed by atoms with Gasteiger partial charge in [-0.05, 0) is 37.8 Å². The molecule has 0 saturated heterocycles. The molecule has 0 aliphatic heterocycles. The van der Waals surface area contributed by atoms with Crippen LogP contribution in [-0.4, -0.2) is 46.6 Å². The normalized spacial score (nSPS) is 14.6. The average Bonchev–Trinajstić information content (AvgIpc) is 3.66. The molecule has 1 atom stereocenters. The van der Waals surface area contributed by atoms with Crippen molar-refractivity contribution in [1.29, 1.82) is 0 Å². The van der Waals surface area contributed by atoms with Gasteiger partial charge in [0.1, 0.15) is 11.6 Å². The third-order valence-electron chi connectivity index (χ3n) is 6.89. The largest absolute Gasteiger partial charge is 0.481 e. The molecule has 0 aromatic carbocycles. The summed E-state index contributed by atoms with van der Waals surface area (Å²) in [6, 6.07) is 1.33. The minimum absolute atomic E-state index is 0.0604. The number of aryl methyl sites for hydroxylation is 1. The number of carboxylic acid groups (broad SMARTS) is 1. The summed E-state index contributed by atoms with van der Waals surface area (Å²) in [6.45, 7) is 3.80. The molecule has 0 radical (unpaired) electrons. The number of aliphatic carboxylic acids is 1. The van der Waals surface area contributed by atoms with Gasteiger partial charge in [-0.1, -0.05) is 37.8 Å². The Morgan fingerprint density at radius 3 is 2.74 bits per heavy atom. The van der Waals surface area contributed by atoms with E-state index in [-0.39, 0.29) is 11.7 Å². The molecule has 38 heavy (non-hydrogen) atoms. The molecule has 1 unspecified atom stereocenters. The third kappa shape index (κ3) is 5.20. The van der Waals surface area contributed by atoms with Crippen LogP contribution in [0.4, 0.5) is 16.2 Å². The van der Waals surface area contributed by atoms with E-state index < -0.39 is 17.9 Å². The highest BCUT2D eigenvalue weighted by Gasteiger charge is 2.27. The monoisotopic (exact) mass is 518 g/mol. The molecule has 4 heterocycles. The Kier molecular flexibility index (Phi) is 7.29. The number of carbonyl (C=O) groups is 2. The summed E-state index contributed by atoms with van der Waals surface area (Å²) in [6.07, 6.45) is 13.2. The second-order valence-corrected chi connectivity index (χ2v) is 9.59. The van der Waals surface area contributed by atoms with Crippen molar-refractivity contribution in [1.82, 2.24) is 29.5 Å². The van der Waals surface area contributed by atoms with Crippen LogP contribution >= 0.6 is 0 Å². The van der Waals surface area contributed by atoms with Gasteiger partial charge in [-0.2, -0.15) is 4.98 Å². The first-order valence-electron chi connectivity index (χ1n) is 12.9. The quantitative estimate of drug-likeness (QED) is 0.272. The fraction of sp³-hybridized carbons (Fsp3) is 0.423. The molecule has 1 fully saturated rings. The molecule has 4 aromatic heterocycles. The summed E-state index contributed by atoms with van der Waals surface area (Å²) >= 11 is 0. The van der Waals surface area contributed by atoms with E-state index in [1.165, 1.54) is 6.20 Å². The zero-order valence-electron chi connectivity index (χ0n) is 21.3. The number of aromatic nitrogens is 6. The number of imidazole rings is 1. The van der Waals surface area contributed by atoms with Crippen LogP contribution < -0.4 is 10.6 Å². The van der Waals surface area contributed by atoms with E-state index in [9.17, 15) is 14.7 Å². The maximum atomic E-state index is 12.9. The third-order valence-corrected chi connectivity index (χ3v) is 6.89. The van der Waals surface area contributed by atoms with E-state index in [0.29, 0.717) is 40.7 Å². The standard InChI is InChI=1S/C26H30N8O4/c1-3-4-9-18(24(35)36)23-32-22(33-38-23)20-15(2)12-17(13-28-20)30-26(37)31-19-14-29-25-27-10-11-34(25)21(19)16-7-5-6-8-16/h10-14,16,18H,3-9H2,1-2H3,(H,35,36)(H2,30,31,37). The molecule has 4 aromatic rings. The molecule has 0 bridgehead atoms. The van der Waals surface area contributed by atoms with E-state index in [1.807, 2.05) is 24.4 Å². The van der Waals surface area contributed by atoms with Gasteiger partial charge in [-0.25, -0.2) is 14.8 Å². The highest BCUT2D eigenvalue weighted by molar-refractivity contribution is 6.00. The number of amides is 2. The van der Waals surface area contributed by atoms with E-state index in [4.69, 9.17) is 4.52 Å². The minimum Gasteiger partial charge on any atom is -0.481 e. The number of carboxylic acids is 1. The van der Waals surface area contributed by atoms with Crippen molar-refractivity contribution in [3.63, 3.8) is 0 Å². The molecule has 1 aliphatic rings. The molecule has 2 amide bonds. The number of nitrogens with one attached hydrogen (secondary N) is 2. The summed E-state index contributed by atoms with van der Waals surface area (Å²) in [5.74, 6) is -0.648. The fourth-order valence-corrected chi connectivity index (χ4v) is 5.01. The van der Waals surface area contributed by atoms with E-state index in [1.54, 1.807) is 18.5 Å².